The van der Waals surface area contributed by atoms with Crippen molar-refractivity contribution in [2.75, 3.05) is 6.61 Å². The molecule has 1 heterocycles. The third kappa shape index (κ3) is 4.44. The Labute approximate surface area is 130 Å². The maximum atomic E-state index is 12.1. The number of hydrogen-bond acceptors (Lipinski definition) is 4. The van der Waals surface area contributed by atoms with Gasteiger partial charge in [0.15, 0.2) is 0 Å². The molecule has 1 aromatic rings. The molecule has 2 N–H and O–H groups in total. The number of nitrogens with one attached hydrogen (secondary N) is 2. The first-order valence-electron chi connectivity index (χ1n) is 7.82. The van der Waals surface area contributed by atoms with Crippen LogP contribution in [0.15, 0.2) is 12.1 Å². The van der Waals surface area contributed by atoms with E-state index in [9.17, 15) is 9.59 Å². The monoisotopic (exact) mass is 305 g/mol. The maximum absolute atomic E-state index is 12.1. The molecule has 0 spiro atoms. The SMILES string of the molecule is CCOc1ccc(C(=O)NC(=O)NC2CCCCC2)c(C)n1. The summed E-state index contributed by atoms with van der Waals surface area (Å²) in [7, 11) is 0. The Morgan fingerprint density at radius 1 is 1.27 bits per heavy atom. The minimum Gasteiger partial charge on any atom is -0.478 e. The van der Waals surface area contributed by atoms with Gasteiger partial charge in [0.2, 0.25) is 5.88 Å². The molecule has 1 saturated carbocycles. The van der Waals surface area contributed by atoms with Crippen LogP contribution in [0.25, 0.3) is 0 Å². The number of carbonyl (C=O) groups is 2. The molecular weight excluding hydrogens is 282 g/mol. The molecule has 1 aromatic heterocycles. The van der Waals surface area contributed by atoms with Crippen LogP contribution < -0.4 is 15.4 Å². The Hall–Kier alpha value is -2.11. The van der Waals surface area contributed by atoms with E-state index in [1.807, 2.05) is 6.92 Å². The van der Waals surface area contributed by atoms with E-state index >= 15 is 0 Å². The van der Waals surface area contributed by atoms with Crippen molar-refractivity contribution in [1.29, 1.82) is 0 Å². The number of hydrogen-bond donors (Lipinski definition) is 2. The fourth-order valence-corrected chi connectivity index (χ4v) is 2.65. The summed E-state index contributed by atoms with van der Waals surface area (Å²) in [6.45, 7) is 4.10. The summed E-state index contributed by atoms with van der Waals surface area (Å²) in [6, 6.07) is 2.98. The van der Waals surface area contributed by atoms with Gasteiger partial charge in [0.25, 0.3) is 5.91 Å². The highest BCUT2D eigenvalue weighted by atomic mass is 16.5. The minimum absolute atomic E-state index is 0.168. The number of amides is 3. The highest BCUT2D eigenvalue weighted by Crippen LogP contribution is 2.17. The number of aryl methyl sites for hydroxylation is 1. The molecule has 1 fully saturated rings. The molecular formula is C16H23N3O3. The zero-order chi connectivity index (χ0) is 15.9. The Bertz CT molecular complexity index is 539. The van der Waals surface area contributed by atoms with Gasteiger partial charge in [0.1, 0.15) is 0 Å². The Balaban J connectivity index is 1.92. The van der Waals surface area contributed by atoms with Crippen molar-refractivity contribution in [3.63, 3.8) is 0 Å². The summed E-state index contributed by atoms with van der Waals surface area (Å²) >= 11 is 0. The van der Waals surface area contributed by atoms with Gasteiger partial charge in [-0.15, -0.1) is 0 Å². The largest absolute Gasteiger partial charge is 0.478 e. The molecule has 0 atom stereocenters. The number of pyridine rings is 1. The first-order valence-corrected chi connectivity index (χ1v) is 7.82. The van der Waals surface area contributed by atoms with E-state index < -0.39 is 11.9 Å². The lowest BCUT2D eigenvalue weighted by atomic mass is 9.96. The molecule has 0 unspecified atom stereocenters. The first kappa shape index (κ1) is 16.3. The highest BCUT2D eigenvalue weighted by Gasteiger charge is 2.18. The molecule has 0 aliphatic heterocycles. The van der Waals surface area contributed by atoms with Gasteiger partial charge in [0.05, 0.1) is 17.9 Å². The van der Waals surface area contributed by atoms with Crippen molar-refractivity contribution in [2.24, 2.45) is 0 Å². The number of urea groups is 1. The third-order valence-electron chi connectivity index (χ3n) is 3.76. The van der Waals surface area contributed by atoms with Gasteiger partial charge < -0.3 is 10.1 Å². The van der Waals surface area contributed by atoms with Crippen LogP contribution in [-0.2, 0) is 0 Å². The molecule has 1 aliphatic carbocycles. The van der Waals surface area contributed by atoms with Gasteiger partial charge in [-0.2, -0.15) is 0 Å². The molecule has 6 heteroatoms. The Kier molecular flexibility index (Phi) is 5.75. The van der Waals surface area contributed by atoms with E-state index in [0.717, 1.165) is 25.7 Å². The lowest BCUT2D eigenvalue weighted by Gasteiger charge is -2.22. The fraction of sp³-hybridized carbons (Fsp3) is 0.562. The lowest BCUT2D eigenvalue weighted by Crippen LogP contribution is -2.45. The van der Waals surface area contributed by atoms with Gasteiger partial charge in [-0.3, -0.25) is 10.1 Å². The topological polar surface area (TPSA) is 80.3 Å². The molecule has 2 rings (SSSR count). The lowest BCUT2D eigenvalue weighted by molar-refractivity contribution is 0.0961. The molecule has 120 valence electrons. The second-order valence-electron chi connectivity index (χ2n) is 5.48. The van der Waals surface area contributed by atoms with Crippen molar-refractivity contribution >= 4 is 11.9 Å². The summed E-state index contributed by atoms with van der Waals surface area (Å²) in [6.07, 6.45) is 5.42. The summed E-state index contributed by atoms with van der Waals surface area (Å²) in [5.41, 5.74) is 0.913. The number of nitrogens with zero attached hydrogens (tertiary/aromatic N) is 1. The number of ether oxygens (including phenoxy) is 1. The molecule has 0 bridgehead atoms. The van der Waals surface area contributed by atoms with E-state index in [2.05, 4.69) is 15.6 Å². The second-order valence-corrected chi connectivity index (χ2v) is 5.48. The molecule has 0 aromatic carbocycles. The first-order chi connectivity index (χ1) is 10.6. The molecule has 3 amide bonds. The van der Waals surface area contributed by atoms with Gasteiger partial charge in [-0.05, 0) is 32.8 Å². The van der Waals surface area contributed by atoms with Crippen LogP contribution in [0, 0.1) is 6.92 Å². The zero-order valence-corrected chi connectivity index (χ0v) is 13.1. The number of carbonyl (C=O) groups excluding carboxylic acids is 2. The third-order valence-corrected chi connectivity index (χ3v) is 3.76. The van der Waals surface area contributed by atoms with Crippen LogP contribution in [0.3, 0.4) is 0 Å². The maximum Gasteiger partial charge on any atom is 0.321 e. The van der Waals surface area contributed by atoms with Crippen molar-refractivity contribution in [2.45, 2.75) is 52.0 Å². The Morgan fingerprint density at radius 3 is 2.64 bits per heavy atom. The number of aromatic nitrogens is 1. The number of rotatable bonds is 4. The minimum atomic E-state index is -0.443. The predicted octanol–water partition coefficient (Wildman–Crippen LogP) is 2.56. The van der Waals surface area contributed by atoms with Gasteiger partial charge >= 0.3 is 6.03 Å². The van der Waals surface area contributed by atoms with E-state index in [0.29, 0.717) is 23.7 Å². The van der Waals surface area contributed by atoms with Crippen molar-refractivity contribution in [3.8, 4) is 5.88 Å². The van der Waals surface area contributed by atoms with Crippen LogP contribution >= 0.6 is 0 Å². The smallest absolute Gasteiger partial charge is 0.321 e. The predicted molar refractivity (Wildman–Crippen MR) is 83.0 cm³/mol. The quantitative estimate of drug-likeness (QED) is 0.896. The van der Waals surface area contributed by atoms with E-state index in [1.165, 1.54) is 6.42 Å². The van der Waals surface area contributed by atoms with E-state index in [4.69, 9.17) is 4.74 Å². The van der Waals surface area contributed by atoms with Crippen molar-refractivity contribution < 1.29 is 14.3 Å². The Morgan fingerprint density at radius 2 is 2.00 bits per heavy atom. The zero-order valence-electron chi connectivity index (χ0n) is 13.1. The molecule has 1 aliphatic rings. The second kappa shape index (κ2) is 7.77. The highest BCUT2D eigenvalue weighted by molar-refractivity contribution is 6.04. The van der Waals surface area contributed by atoms with E-state index in [-0.39, 0.29) is 6.04 Å². The standard InChI is InChI=1S/C16H23N3O3/c1-3-22-14-10-9-13(11(2)17-14)15(20)19-16(21)18-12-7-5-4-6-8-12/h9-10,12H,3-8H2,1-2H3,(H2,18,19,20,21). The normalized spacial score (nSPS) is 15.2. The van der Waals surface area contributed by atoms with Crippen LogP contribution in [-0.4, -0.2) is 29.6 Å². The van der Waals surface area contributed by atoms with Crippen LogP contribution in [0.2, 0.25) is 0 Å². The summed E-state index contributed by atoms with van der Waals surface area (Å²) < 4.78 is 5.28. The molecule has 6 nitrogen and oxygen atoms in total. The average Bonchev–Trinajstić information content (AvgIpc) is 2.48. The fourth-order valence-electron chi connectivity index (χ4n) is 2.65. The summed E-state index contributed by atoms with van der Waals surface area (Å²) in [5.74, 6) is 0.0320. The summed E-state index contributed by atoms with van der Waals surface area (Å²) in [4.78, 5) is 28.2. The molecule has 0 radical (unpaired) electrons. The van der Waals surface area contributed by atoms with Crippen LogP contribution in [0.5, 0.6) is 5.88 Å². The van der Waals surface area contributed by atoms with Gasteiger partial charge in [0, 0.05) is 12.1 Å². The van der Waals surface area contributed by atoms with Crippen molar-refractivity contribution in [3.05, 3.63) is 23.4 Å². The van der Waals surface area contributed by atoms with Gasteiger partial charge in [-0.25, -0.2) is 9.78 Å². The van der Waals surface area contributed by atoms with E-state index in [1.54, 1.807) is 19.1 Å². The summed E-state index contributed by atoms with van der Waals surface area (Å²) in [5, 5.41) is 5.22. The van der Waals surface area contributed by atoms with Gasteiger partial charge in [-0.1, -0.05) is 19.3 Å². The van der Waals surface area contributed by atoms with Crippen molar-refractivity contribution in [1.82, 2.24) is 15.6 Å². The van der Waals surface area contributed by atoms with Crippen LogP contribution in [0.4, 0.5) is 4.79 Å². The molecule has 22 heavy (non-hydrogen) atoms. The van der Waals surface area contributed by atoms with Crippen LogP contribution in [0.1, 0.15) is 55.1 Å². The average molecular weight is 305 g/mol. The number of imide groups is 1. The molecule has 0 saturated heterocycles.